The molecule has 0 aromatic heterocycles. The van der Waals surface area contributed by atoms with Gasteiger partial charge in [0.1, 0.15) is 11.9 Å². The van der Waals surface area contributed by atoms with Crippen LogP contribution in [0.4, 0.5) is 0 Å². The minimum Gasteiger partial charge on any atom is -0.479 e. The zero-order valence-electron chi connectivity index (χ0n) is 10.5. The Morgan fingerprint density at radius 2 is 1.95 bits per heavy atom. The lowest BCUT2D eigenvalue weighted by Gasteiger charge is -2.04. The zero-order valence-corrected chi connectivity index (χ0v) is 11.5. The van der Waals surface area contributed by atoms with Gasteiger partial charge in [-0.3, -0.25) is 0 Å². The van der Waals surface area contributed by atoms with Gasteiger partial charge in [0.2, 0.25) is 0 Å². The van der Waals surface area contributed by atoms with Crippen molar-refractivity contribution in [1.29, 1.82) is 0 Å². The van der Waals surface area contributed by atoms with Crippen LogP contribution in [0.1, 0.15) is 6.92 Å². The summed E-state index contributed by atoms with van der Waals surface area (Å²) < 4.78 is 20.8. The molecule has 2 atom stereocenters. The molecule has 1 rings (SSSR count). The number of aliphatic hydroxyl groups excluding tert-OH is 1. The van der Waals surface area contributed by atoms with Crippen molar-refractivity contribution < 1.29 is 28.6 Å². The van der Waals surface area contributed by atoms with Crippen molar-refractivity contribution in [2.75, 3.05) is 13.2 Å². The summed E-state index contributed by atoms with van der Waals surface area (Å²) in [5.74, 6) is -0.640. The standard InChI is InChI=1S/C8H12NO3P.C3H6O3/c9-6-7-11-13(10)12-8-4-2-1-3-5-8;1-2(4)3(5)6/h1-5,13H,6-7,9H2;2,4H,1H3,(H,5,6). The summed E-state index contributed by atoms with van der Waals surface area (Å²) in [4.78, 5) is 9.45. The summed E-state index contributed by atoms with van der Waals surface area (Å²) in [6.45, 7) is 1.79. The molecule has 2 unspecified atom stereocenters. The number of carboxylic acids is 1. The largest absolute Gasteiger partial charge is 0.479 e. The van der Waals surface area contributed by atoms with Crippen molar-refractivity contribution in [1.82, 2.24) is 0 Å². The molecule has 4 N–H and O–H groups in total. The Morgan fingerprint density at radius 1 is 1.42 bits per heavy atom. The fourth-order valence-corrected chi connectivity index (χ4v) is 1.43. The highest BCUT2D eigenvalue weighted by molar-refractivity contribution is 7.33. The van der Waals surface area contributed by atoms with Gasteiger partial charge in [-0.1, -0.05) is 18.2 Å². The van der Waals surface area contributed by atoms with Crippen molar-refractivity contribution in [3.8, 4) is 5.75 Å². The normalized spacial score (nSPS) is 12.8. The molecule has 0 fully saturated rings. The van der Waals surface area contributed by atoms with Gasteiger partial charge in [-0.2, -0.15) is 0 Å². The molecule has 0 saturated heterocycles. The van der Waals surface area contributed by atoms with E-state index < -0.39 is 20.3 Å². The lowest BCUT2D eigenvalue weighted by molar-refractivity contribution is -0.145. The van der Waals surface area contributed by atoms with Crippen LogP contribution in [0.15, 0.2) is 30.3 Å². The van der Waals surface area contributed by atoms with E-state index in [1.54, 1.807) is 24.3 Å². The number of hydrogen-bond donors (Lipinski definition) is 3. The molecule has 0 aliphatic heterocycles. The molecular weight excluding hydrogens is 273 g/mol. The van der Waals surface area contributed by atoms with Gasteiger partial charge in [0.25, 0.3) is 0 Å². The third kappa shape index (κ3) is 10.2. The topological polar surface area (TPSA) is 119 Å². The van der Waals surface area contributed by atoms with Gasteiger partial charge in [-0.15, -0.1) is 0 Å². The Bertz CT molecular complexity index is 384. The number of carbonyl (C=O) groups is 1. The van der Waals surface area contributed by atoms with Crippen LogP contribution in [0, 0.1) is 0 Å². The van der Waals surface area contributed by atoms with Gasteiger partial charge in [0, 0.05) is 6.54 Å². The van der Waals surface area contributed by atoms with Crippen molar-refractivity contribution in [3.05, 3.63) is 30.3 Å². The molecule has 0 aliphatic carbocycles. The quantitative estimate of drug-likeness (QED) is 0.665. The predicted octanol–water partition coefficient (Wildman–Crippen LogP) is 0.882. The van der Waals surface area contributed by atoms with E-state index in [0.29, 0.717) is 12.3 Å². The van der Waals surface area contributed by atoms with Gasteiger partial charge in [-0.05, 0) is 19.1 Å². The molecule has 7 nitrogen and oxygen atoms in total. The van der Waals surface area contributed by atoms with Gasteiger partial charge >= 0.3 is 14.2 Å². The Hall–Kier alpha value is -1.40. The first-order valence-corrected chi connectivity index (χ1v) is 6.70. The fourth-order valence-electron chi connectivity index (χ4n) is 0.756. The number of nitrogens with two attached hydrogens (primary N) is 1. The van der Waals surface area contributed by atoms with E-state index >= 15 is 0 Å². The molecule has 0 saturated carbocycles. The Kier molecular flexibility index (Phi) is 9.74. The number of para-hydroxylation sites is 1. The second-order valence-corrected chi connectivity index (χ2v) is 4.31. The maximum Gasteiger partial charge on any atom is 0.367 e. The number of carboxylic acid groups (broad SMARTS) is 1. The van der Waals surface area contributed by atoms with Crippen LogP contribution in [0.3, 0.4) is 0 Å². The van der Waals surface area contributed by atoms with Crippen molar-refractivity contribution in [2.45, 2.75) is 13.0 Å². The Labute approximate surface area is 111 Å². The van der Waals surface area contributed by atoms with Gasteiger partial charge in [-0.25, -0.2) is 9.36 Å². The van der Waals surface area contributed by atoms with Crippen LogP contribution in [-0.2, 0) is 13.9 Å². The molecule has 0 aliphatic rings. The Morgan fingerprint density at radius 3 is 2.37 bits per heavy atom. The molecule has 108 valence electrons. The summed E-state index contributed by atoms with van der Waals surface area (Å²) in [7, 11) is -2.43. The van der Waals surface area contributed by atoms with E-state index in [9.17, 15) is 9.36 Å². The molecule has 8 heteroatoms. The van der Waals surface area contributed by atoms with Crippen LogP contribution >= 0.6 is 8.25 Å². The maximum absolute atomic E-state index is 11.1. The van der Waals surface area contributed by atoms with E-state index in [0.717, 1.165) is 0 Å². The summed E-state index contributed by atoms with van der Waals surface area (Å²) in [5, 5.41) is 15.8. The van der Waals surface area contributed by atoms with E-state index in [1.165, 1.54) is 6.92 Å². The average molecular weight is 291 g/mol. The Balaban J connectivity index is 0.000000459. The number of rotatable bonds is 6. The third-order valence-corrected chi connectivity index (χ3v) is 2.48. The fraction of sp³-hybridized carbons (Fsp3) is 0.364. The lowest BCUT2D eigenvalue weighted by atomic mass is 10.3. The van der Waals surface area contributed by atoms with E-state index in [4.69, 9.17) is 25.0 Å². The second-order valence-electron chi connectivity index (χ2n) is 3.32. The smallest absolute Gasteiger partial charge is 0.367 e. The first-order chi connectivity index (χ1) is 8.97. The van der Waals surface area contributed by atoms with E-state index in [1.807, 2.05) is 6.07 Å². The number of benzene rings is 1. The second kappa shape index (κ2) is 10.5. The van der Waals surface area contributed by atoms with Gasteiger partial charge in [0.05, 0.1) is 6.61 Å². The van der Waals surface area contributed by atoms with Crippen LogP contribution in [-0.4, -0.2) is 35.4 Å². The summed E-state index contributed by atoms with van der Waals surface area (Å²) >= 11 is 0. The molecule has 0 bridgehead atoms. The molecule has 0 heterocycles. The predicted molar refractivity (Wildman–Crippen MR) is 70.4 cm³/mol. The van der Waals surface area contributed by atoms with Gasteiger partial charge < -0.3 is 25.0 Å². The molecular formula is C11H18NO6P. The lowest BCUT2D eigenvalue weighted by Crippen LogP contribution is -2.13. The van der Waals surface area contributed by atoms with Crippen molar-refractivity contribution in [2.24, 2.45) is 5.73 Å². The van der Waals surface area contributed by atoms with E-state index in [-0.39, 0.29) is 6.61 Å². The first-order valence-electron chi connectivity index (χ1n) is 5.48. The molecule has 1 aromatic rings. The van der Waals surface area contributed by atoms with Crippen molar-refractivity contribution in [3.63, 3.8) is 0 Å². The van der Waals surface area contributed by atoms with Crippen LogP contribution < -0.4 is 10.3 Å². The van der Waals surface area contributed by atoms with Gasteiger partial charge in [0.15, 0.2) is 0 Å². The summed E-state index contributed by atoms with van der Waals surface area (Å²) in [6.07, 6.45) is -1.23. The maximum atomic E-state index is 11.1. The summed E-state index contributed by atoms with van der Waals surface area (Å²) in [6, 6.07) is 8.88. The minimum absolute atomic E-state index is 0.255. The average Bonchev–Trinajstić information content (AvgIpc) is 2.38. The molecule has 1 aromatic carbocycles. The van der Waals surface area contributed by atoms with Crippen LogP contribution in [0.2, 0.25) is 0 Å². The molecule has 0 radical (unpaired) electrons. The van der Waals surface area contributed by atoms with E-state index in [2.05, 4.69) is 0 Å². The number of aliphatic carboxylic acids is 1. The summed E-state index contributed by atoms with van der Waals surface area (Å²) in [5.41, 5.74) is 5.17. The number of hydrogen-bond acceptors (Lipinski definition) is 6. The highest BCUT2D eigenvalue weighted by Gasteiger charge is 2.01. The zero-order chi connectivity index (χ0) is 14.7. The van der Waals surface area contributed by atoms with Crippen molar-refractivity contribution >= 4 is 14.2 Å². The molecule has 0 amide bonds. The SMILES string of the molecule is CC(O)C(=O)O.NCCO[PH](=O)Oc1ccccc1. The minimum atomic E-state index is -2.43. The first kappa shape index (κ1) is 17.6. The molecule has 0 spiro atoms. The number of aliphatic hydroxyl groups is 1. The third-order valence-electron chi connectivity index (χ3n) is 1.64. The van der Waals surface area contributed by atoms with Crippen LogP contribution in [0.25, 0.3) is 0 Å². The highest BCUT2D eigenvalue weighted by Crippen LogP contribution is 2.26. The molecule has 19 heavy (non-hydrogen) atoms. The monoisotopic (exact) mass is 291 g/mol. The van der Waals surface area contributed by atoms with Crippen LogP contribution in [0.5, 0.6) is 5.75 Å². The highest BCUT2D eigenvalue weighted by atomic mass is 31.1.